The lowest BCUT2D eigenvalue weighted by atomic mass is 9.97. The zero-order valence-corrected chi connectivity index (χ0v) is 22.3. The molecule has 2 aliphatic heterocycles. The lowest BCUT2D eigenvalue weighted by Gasteiger charge is -2.20. The van der Waals surface area contributed by atoms with Gasteiger partial charge in [0.05, 0.1) is 6.04 Å². The average Bonchev–Trinajstić information content (AvgIpc) is 3.41. The van der Waals surface area contributed by atoms with E-state index in [9.17, 15) is 4.79 Å². The van der Waals surface area contributed by atoms with Crippen LogP contribution >= 0.6 is 0 Å². The number of likely N-dealkylation sites (N-methyl/N-ethyl adjacent to an activating group) is 1. The van der Waals surface area contributed by atoms with Gasteiger partial charge in [0.1, 0.15) is 23.7 Å². The molecule has 35 heavy (non-hydrogen) atoms. The topological polar surface area (TPSA) is 62.8 Å². The summed E-state index contributed by atoms with van der Waals surface area (Å²) in [5.41, 5.74) is 7.24. The van der Waals surface area contributed by atoms with Gasteiger partial charge in [0.25, 0.3) is 0 Å². The highest BCUT2D eigenvalue weighted by Gasteiger charge is 2.32. The van der Waals surface area contributed by atoms with Crippen molar-refractivity contribution < 1.29 is 14.3 Å². The van der Waals surface area contributed by atoms with Gasteiger partial charge in [-0.15, -0.1) is 0 Å². The molecule has 0 radical (unpaired) electrons. The van der Waals surface area contributed by atoms with Gasteiger partial charge in [-0.25, -0.2) is 0 Å². The van der Waals surface area contributed by atoms with Crippen LogP contribution in [0.25, 0.3) is 0 Å². The van der Waals surface area contributed by atoms with Crippen molar-refractivity contribution in [1.29, 1.82) is 0 Å². The van der Waals surface area contributed by atoms with Gasteiger partial charge in [-0.05, 0) is 74.4 Å². The number of nitrogens with zero attached hydrogens (tertiary/aromatic N) is 1. The van der Waals surface area contributed by atoms with Crippen molar-refractivity contribution in [2.24, 2.45) is 0 Å². The largest absolute Gasteiger partial charge is 0.488 e. The maximum absolute atomic E-state index is 12.3. The molecule has 0 bridgehead atoms. The molecule has 2 aromatic rings. The summed E-state index contributed by atoms with van der Waals surface area (Å²) in [4.78, 5) is 13.9. The molecule has 0 aromatic heterocycles. The summed E-state index contributed by atoms with van der Waals surface area (Å²) < 4.78 is 12.7. The Morgan fingerprint density at radius 1 is 0.829 bits per heavy atom. The highest BCUT2D eigenvalue weighted by molar-refractivity contribution is 5.81. The summed E-state index contributed by atoms with van der Waals surface area (Å²) in [7, 11) is 3.59. The summed E-state index contributed by atoms with van der Waals surface area (Å²) in [5.74, 6) is 2.08. The number of ether oxygens (including phenoxy) is 2. The Hall–Kier alpha value is -2.57. The fraction of sp³-hybridized carbons (Fsp3) is 0.552. The number of amides is 1. The summed E-state index contributed by atoms with van der Waals surface area (Å²) in [5, 5.41) is 6.77. The third kappa shape index (κ3) is 5.99. The molecule has 0 aliphatic carbocycles. The standard InChI is InChI=1S/C29H41N3O3/c1-17-8-22(9-18(2)27(17)34-24-12-21(5)30-15-24)13-23-10-19(3)28(20(4)11-23)35-25-14-26(31-16-25)29(33)32(6)7/h8-11,21,24-26,30-31H,12-16H2,1-7H3/t21-,24+,25+,26+/m0/s1. The lowest BCUT2D eigenvalue weighted by Crippen LogP contribution is -2.39. The minimum absolute atomic E-state index is 0.00282. The Labute approximate surface area is 210 Å². The normalized spacial score (nSPS) is 24.0. The minimum atomic E-state index is -0.165. The molecule has 2 aromatic carbocycles. The van der Waals surface area contributed by atoms with E-state index in [-0.39, 0.29) is 24.2 Å². The van der Waals surface area contributed by atoms with E-state index < -0.39 is 0 Å². The van der Waals surface area contributed by atoms with E-state index in [1.165, 1.54) is 22.3 Å². The molecule has 1 amide bonds. The van der Waals surface area contributed by atoms with Gasteiger partial charge in [0, 0.05) is 46.1 Å². The van der Waals surface area contributed by atoms with Crippen molar-refractivity contribution in [3.8, 4) is 11.5 Å². The Kier molecular flexibility index (Phi) is 7.72. The van der Waals surface area contributed by atoms with Crippen LogP contribution < -0.4 is 20.1 Å². The zero-order chi connectivity index (χ0) is 25.3. The first-order chi connectivity index (χ1) is 16.6. The molecule has 2 saturated heterocycles. The zero-order valence-electron chi connectivity index (χ0n) is 22.3. The molecule has 4 atom stereocenters. The molecule has 6 heteroatoms. The number of carbonyl (C=O) groups excluding carboxylic acids is 1. The van der Waals surface area contributed by atoms with Gasteiger partial charge < -0.3 is 25.0 Å². The molecule has 0 unspecified atom stereocenters. The van der Waals surface area contributed by atoms with Crippen molar-refractivity contribution in [2.75, 3.05) is 27.2 Å². The van der Waals surface area contributed by atoms with Gasteiger partial charge in [0.2, 0.25) is 5.91 Å². The van der Waals surface area contributed by atoms with Crippen LogP contribution in [0.3, 0.4) is 0 Å². The second-order valence-corrected chi connectivity index (χ2v) is 10.7. The Morgan fingerprint density at radius 3 is 1.71 bits per heavy atom. The first-order valence-electron chi connectivity index (χ1n) is 12.8. The Morgan fingerprint density at radius 2 is 1.29 bits per heavy atom. The molecule has 2 heterocycles. The van der Waals surface area contributed by atoms with E-state index in [2.05, 4.69) is 69.5 Å². The van der Waals surface area contributed by atoms with E-state index in [1.807, 2.05) is 0 Å². The Balaban J connectivity index is 1.43. The van der Waals surface area contributed by atoms with Crippen LogP contribution in [0.2, 0.25) is 0 Å². The summed E-state index contributed by atoms with van der Waals surface area (Å²) >= 11 is 0. The number of aryl methyl sites for hydroxylation is 4. The van der Waals surface area contributed by atoms with E-state index in [1.54, 1.807) is 19.0 Å². The van der Waals surface area contributed by atoms with Crippen LogP contribution in [0.4, 0.5) is 0 Å². The molecule has 2 fully saturated rings. The predicted molar refractivity (Wildman–Crippen MR) is 141 cm³/mol. The minimum Gasteiger partial charge on any atom is -0.488 e. The van der Waals surface area contributed by atoms with Crippen molar-refractivity contribution in [1.82, 2.24) is 15.5 Å². The van der Waals surface area contributed by atoms with Gasteiger partial charge in [-0.1, -0.05) is 24.3 Å². The fourth-order valence-corrected chi connectivity index (χ4v) is 5.50. The summed E-state index contributed by atoms with van der Waals surface area (Å²) in [6.07, 6.45) is 2.87. The van der Waals surface area contributed by atoms with Gasteiger partial charge >= 0.3 is 0 Å². The first-order valence-corrected chi connectivity index (χ1v) is 12.8. The highest BCUT2D eigenvalue weighted by atomic mass is 16.5. The van der Waals surface area contributed by atoms with Crippen LogP contribution in [0.1, 0.15) is 53.1 Å². The monoisotopic (exact) mass is 479 g/mol. The average molecular weight is 480 g/mol. The second kappa shape index (κ2) is 10.6. The molecule has 0 saturated carbocycles. The van der Waals surface area contributed by atoms with Crippen LogP contribution in [0.15, 0.2) is 24.3 Å². The van der Waals surface area contributed by atoms with Gasteiger partial charge in [-0.2, -0.15) is 0 Å². The fourth-order valence-electron chi connectivity index (χ4n) is 5.50. The first kappa shape index (κ1) is 25.5. The van der Waals surface area contributed by atoms with E-state index in [4.69, 9.17) is 9.47 Å². The van der Waals surface area contributed by atoms with Crippen LogP contribution in [0, 0.1) is 27.7 Å². The Bertz CT molecular complexity index is 1030. The predicted octanol–water partition coefficient (Wildman–Crippen LogP) is 3.84. The summed E-state index contributed by atoms with van der Waals surface area (Å²) in [6.45, 7) is 12.3. The molecule has 4 rings (SSSR count). The molecular formula is C29H41N3O3. The van der Waals surface area contributed by atoms with Crippen molar-refractivity contribution in [3.05, 3.63) is 57.6 Å². The van der Waals surface area contributed by atoms with Crippen molar-refractivity contribution >= 4 is 5.91 Å². The highest BCUT2D eigenvalue weighted by Crippen LogP contribution is 2.31. The van der Waals surface area contributed by atoms with Gasteiger partial charge in [0.15, 0.2) is 0 Å². The van der Waals surface area contributed by atoms with E-state index in [0.717, 1.165) is 42.0 Å². The summed E-state index contributed by atoms with van der Waals surface area (Å²) in [6, 6.07) is 9.33. The van der Waals surface area contributed by atoms with E-state index >= 15 is 0 Å². The number of carbonyl (C=O) groups is 1. The lowest BCUT2D eigenvalue weighted by molar-refractivity contribution is -0.130. The number of hydrogen-bond donors (Lipinski definition) is 2. The number of hydrogen-bond acceptors (Lipinski definition) is 5. The third-order valence-corrected chi connectivity index (χ3v) is 7.16. The number of benzene rings is 2. The molecule has 190 valence electrons. The number of rotatable bonds is 7. The molecule has 6 nitrogen and oxygen atoms in total. The third-order valence-electron chi connectivity index (χ3n) is 7.16. The van der Waals surface area contributed by atoms with E-state index in [0.29, 0.717) is 19.0 Å². The second-order valence-electron chi connectivity index (χ2n) is 10.7. The smallest absolute Gasteiger partial charge is 0.239 e. The molecule has 0 spiro atoms. The van der Waals surface area contributed by atoms with Crippen LogP contribution in [-0.2, 0) is 11.2 Å². The number of nitrogens with one attached hydrogen (secondary N) is 2. The maximum atomic E-state index is 12.3. The quantitative estimate of drug-likeness (QED) is 0.632. The van der Waals surface area contributed by atoms with Crippen LogP contribution in [0.5, 0.6) is 11.5 Å². The maximum Gasteiger partial charge on any atom is 0.239 e. The van der Waals surface area contributed by atoms with Crippen LogP contribution in [-0.4, -0.2) is 62.3 Å². The van der Waals surface area contributed by atoms with Crippen molar-refractivity contribution in [3.63, 3.8) is 0 Å². The molecule has 2 N–H and O–H groups in total. The molecule has 2 aliphatic rings. The SMILES string of the molecule is Cc1cc(Cc2cc(C)c(O[C@H]3CN[C@@H](C(=O)N(C)C)C3)c(C)c2)cc(C)c1O[C@H]1CN[C@@H](C)C1. The molecular weight excluding hydrogens is 438 g/mol. The van der Waals surface area contributed by atoms with Gasteiger partial charge in [-0.3, -0.25) is 4.79 Å². The van der Waals surface area contributed by atoms with Crippen molar-refractivity contribution in [2.45, 2.75) is 78.2 Å².